The van der Waals surface area contributed by atoms with Crippen molar-refractivity contribution in [1.82, 2.24) is 0 Å². The standard InChI is InChI=1S/C17H16ClNO3/c1-2-22-17(21)13-8-10-14(11-9-13)19-16(20)15(18)12-6-4-3-5-7-12/h3-11,15H,2H2,1H3,(H,19,20). The maximum absolute atomic E-state index is 12.1. The zero-order chi connectivity index (χ0) is 15.9. The molecule has 0 spiro atoms. The summed E-state index contributed by atoms with van der Waals surface area (Å²) in [5.74, 6) is -0.711. The Hall–Kier alpha value is -2.33. The van der Waals surface area contributed by atoms with Crippen LogP contribution in [0.4, 0.5) is 5.69 Å². The predicted molar refractivity (Wildman–Crippen MR) is 86.1 cm³/mol. The van der Waals surface area contributed by atoms with Gasteiger partial charge in [-0.1, -0.05) is 30.3 Å². The summed E-state index contributed by atoms with van der Waals surface area (Å²) in [4.78, 5) is 23.6. The molecule has 2 aromatic carbocycles. The minimum Gasteiger partial charge on any atom is -0.462 e. The molecule has 0 bridgehead atoms. The van der Waals surface area contributed by atoms with Crippen molar-refractivity contribution in [3.8, 4) is 0 Å². The topological polar surface area (TPSA) is 55.4 Å². The van der Waals surface area contributed by atoms with Crippen LogP contribution in [-0.2, 0) is 9.53 Å². The fourth-order valence-corrected chi connectivity index (χ4v) is 2.08. The van der Waals surface area contributed by atoms with Crippen molar-refractivity contribution in [1.29, 1.82) is 0 Å². The minimum atomic E-state index is -0.772. The normalized spacial score (nSPS) is 11.5. The molecule has 0 saturated heterocycles. The summed E-state index contributed by atoms with van der Waals surface area (Å²) in [6.45, 7) is 2.07. The van der Waals surface area contributed by atoms with Crippen molar-refractivity contribution in [2.24, 2.45) is 0 Å². The van der Waals surface area contributed by atoms with E-state index in [4.69, 9.17) is 16.3 Å². The van der Waals surface area contributed by atoms with Crippen LogP contribution in [0.3, 0.4) is 0 Å². The molecule has 0 radical (unpaired) electrons. The van der Waals surface area contributed by atoms with Gasteiger partial charge in [0.15, 0.2) is 0 Å². The number of hydrogen-bond acceptors (Lipinski definition) is 3. The van der Waals surface area contributed by atoms with Gasteiger partial charge in [-0.15, -0.1) is 11.6 Å². The van der Waals surface area contributed by atoms with Crippen LogP contribution in [0.15, 0.2) is 54.6 Å². The maximum Gasteiger partial charge on any atom is 0.338 e. The van der Waals surface area contributed by atoms with E-state index in [0.717, 1.165) is 5.56 Å². The van der Waals surface area contributed by atoms with E-state index in [-0.39, 0.29) is 11.9 Å². The molecule has 1 amide bonds. The summed E-state index contributed by atoms with van der Waals surface area (Å²) < 4.78 is 4.90. The lowest BCUT2D eigenvalue weighted by atomic mass is 10.1. The summed E-state index contributed by atoms with van der Waals surface area (Å²) in [6.07, 6.45) is 0. The van der Waals surface area contributed by atoms with Gasteiger partial charge < -0.3 is 10.1 Å². The molecule has 0 aromatic heterocycles. The molecule has 0 heterocycles. The summed E-state index contributed by atoms with van der Waals surface area (Å²) in [5, 5.41) is 1.94. The first-order valence-corrected chi connectivity index (χ1v) is 7.32. The van der Waals surface area contributed by atoms with Crippen LogP contribution in [0.2, 0.25) is 0 Å². The molecular formula is C17H16ClNO3. The molecule has 0 aliphatic carbocycles. The Balaban J connectivity index is 2.01. The van der Waals surface area contributed by atoms with E-state index in [2.05, 4.69) is 5.32 Å². The molecule has 1 atom stereocenters. The summed E-state index contributed by atoms with van der Waals surface area (Å²) in [5.41, 5.74) is 1.73. The molecule has 114 valence electrons. The molecule has 2 rings (SSSR count). The number of carbonyl (C=O) groups excluding carboxylic acids is 2. The van der Waals surface area contributed by atoms with Gasteiger partial charge >= 0.3 is 5.97 Å². The first-order valence-electron chi connectivity index (χ1n) is 6.89. The molecule has 22 heavy (non-hydrogen) atoms. The number of carbonyl (C=O) groups is 2. The van der Waals surface area contributed by atoms with Crippen LogP contribution in [0.25, 0.3) is 0 Å². The van der Waals surface area contributed by atoms with Crippen LogP contribution in [-0.4, -0.2) is 18.5 Å². The van der Waals surface area contributed by atoms with E-state index >= 15 is 0 Å². The van der Waals surface area contributed by atoms with Gasteiger partial charge in [0, 0.05) is 5.69 Å². The Morgan fingerprint density at radius 1 is 1.09 bits per heavy atom. The third kappa shape index (κ3) is 4.09. The van der Waals surface area contributed by atoms with Crippen LogP contribution in [0.1, 0.15) is 28.2 Å². The molecule has 0 aliphatic heterocycles. The van der Waals surface area contributed by atoms with Gasteiger partial charge in [-0.25, -0.2) is 4.79 Å². The number of alkyl halides is 1. The number of nitrogens with one attached hydrogen (secondary N) is 1. The van der Waals surface area contributed by atoms with Gasteiger partial charge in [0.1, 0.15) is 5.38 Å². The highest BCUT2D eigenvalue weighted by Crippen LogP contribution is 2.22. The lowest BCUT2D eigenvalue weighted by Gasteiger charge is -2.11. The number of rotatable bonds is 5. The molecule has 1 N–H and O–H groups in total. The Bertz CT molecular complexity index is 641. The fourth-order valence-electron chi connectivity index (χ4n) is 1.88. The smallest absolute Gasteiger partial charge is 0.338 e. The molecule has 1 unspecified atom stereocenters. The third-order valence-electron chi connectivity index (χ3n) is 2.99. The van der Waals surface area contributed by atoms with Gasteiger partial charge in [-0.2, -0.15) is 0 Å². The van der Waals surface area contributed by atoms with Crippen LogP contribution in [0, 0.1) is 0 Å². The molecule has 4 nitrogen and oxygen atoms in total. The van der Waals surface area contributed by atoms with E-state index in [1.54, 1.807) is 43.3 Å². The van der Waals surface area contributed by atoms with E-state index in [1.165, 1.54) is 0 Å². The van der Waals surface area contributed by atoms with Gasteiger partial charge in [0.25, 0.3) is 0 Å². The van der Waals surface area contributed by atoms with Crippen molar-refractivity contribution in [2.45, 2.75) is 12.3 Å². The third-order valence-corrected chi connectivity index (χ3v) is 3.44. The molecule has 5 heteroatoms. The van der Waals surface area contributed by atoms with Crippen molar-refractivity contribution >= 4 is 29.2 Å². The lowest BCUT2D eigenvalue weighted by molar-refractivity contribution is -0.116. The molecule has 0 fully saturated rings. The SMILES string of the molecule is CCOC(=O)c1ccc(NC(=O)C(Cl)c2ccccc2)cc1. The van der Waals surface area contributed by atoms with Crippen molar-refractivity contribution < 1.29 is 14.3 Å². The quantitative estimate of drug-likeness (QED) is 0.674. The maximum atomic E-state index is 12.1. The summed E-state index contributed by atoms with van der Waals surface area (Å²) >= 11 is 6.14. The zero-order valence-corrected chi connectivity index (χ0v) is 12.8. The van der Waals surface area contributed by atoms with Crippen LogP contribution in [0.5, 0.6) is 0 Å². The number of ether oxygens (including phenoxy) is 1. The van der Waals surface area contributed by atoms with Crippen LogP contribution >= 0.6 is 11.6 Å². The van der Waals surface area contributed by atoms with Gasteiger partial charge in [0.2, 0.25) is 5.91 Å². The number of hydrogen-bond donors (Lipinski definition) is 1. The Labute approximate surface area is 134 Å². The first kappa shape index (κ1) is 16.0. The number of amides is 1. The van der Waals surface area contributed by atoms with Crippen molar-refractivity contribution in [2.75, 3.05) is 11.9 Å². The molecule has 0 saturated carbocycles. The van der Waals surface area contributed by atoms with E-state index in [0.29, 0.717) is 17.9 Å². The fraction of sp³-hybridized carbons (Fsp3) is 0.176. The molecule has 2 aromatic rings. The molecular weight excluding hydrogens is 302 g/mol. The lowest BCUT2D eigenvalue weighted by Crippen LogP contribution is -2.17. The summed E-state index contributed by atoms with van der Waals surface area (Å²) in [7, 11) is 0. The first-order chi connectivity index (χ1) is 10.6. The monoisotopic (exact) mass is 317 g/mol. The highest BCUT2D eigenvalue weighted by atomic mass is 35.5. The Kier molecular flexibility index (Phi) is 5.55. The predicted octanol–water partition coefficient (Wildman–Crippen LogP) is 3.78. The van der Waals surface area contributed by atoms with Crippen LogP contribution < -0.4 is 5.32 Å². The number of halogens is 1. The van der Waals surface area contributed by atoms with Crippen molar-refractivity contribution in [3.05, 3.63) is 65.7 Å². The Morgan fingerprint density at radius 3 is 2.32 bits per heavy atom. The average molecular weight is 318 g/mol. The number of anilines is 1. The zero-order valence-electron chi connectivity index (χ0n) is 12.1. The second-order valence-corrected chi connectivity index (χ2v) is 5.00. The van der Waals surface area contributed by atoms with E-state index in [9.17, 15) is 9.59 Å². The second-order valence-electron chi connectivity index (χ2n) is 4.56. The minimum absolute atomic E-state index is 0.322. The average Bonchev–Trinajstić information content (AvgIpc) is 2.55. The summed E-state index contributed by atoms with van der Waals surface area (Å²) in [6, 6.07) is 15.6. The van der Waals surface area contributed by atoms with Gasteiger partial charge in [-0.05, 0) is 36.8 Å². The van der Waals surface area contributed by atoms with E-state index < -0.39 is 5.38 Å². The second kappa shape index (κ2) is 7.61. The Morgan fingerprint density at radius 2 is 1.73 bits per heavy atom. The van der Waals surface area contributed by atoms with Crippen molar-refractivity contribution in [3.63, 3.8) is 0 Å². The largest absolute Gasteiger partial charge is 0.462 e. The highest BCUT2D eigenvalue weighted by molar-refractivity contribution is 6.32. The highest BCUT2D eigenvalue weighted by Gasteiger charge is 2.17. The van der Waals surface area contributed by atoms with Gasteiger partial charge in [0.05, 0.1) is 12.2 Å². The molecule has 0 aliphatic rings. The number of esters is 1. The van der Waals surface area contributed by atoms with Gasteiger partial charge in [-0.3, -0.25) is 4.79 Å². The number of benzene rings is 2. The van der Waals surface area contributed by atoms with E-state index in [1.807, 2.05) is 18.2 Å².